The van der Waals surface area contributed by atoms with Crippen molar-refractivity contribution in [2.75, 3.05) is 11.4 Å². The molecule has 2 heterocycles. The molecular weight excluding hydrogens is 398 g/mol. The Hall–Kier alpha value is -4.20. The number of nitro groups is 1. The molecule has 8 nitrogen and oxygen atoms in total. The van der Waals surface area contributed by atoms with E-state index in [1.54, 1.807) is 12.1 Å². The highest BCUT2D eigenvalue weighted by molar-refractivity contribution is 6.09. The second kappa shape index (κ2) is 7.24. The van der Waals surface area contributed by atoms with E-state index in [-0.39, 0.29) is 11.4 Å². The lowest BCUT2D eigenvalue weighted by Gasteiger charge is -2.16. The molecule has 1 aliphatic heterocycles. The summed E-state index contributed by atoms with van der Waals surface area (Å²) in [4.78, 5) is 40.5. The largest absolute Gasteiger partial charge is 0.447 e. The number of carbonyl (C=O) groups excluding carboxylic acids is 2. The first kappa shape index (κ1) is 18.8. The van der Waals surface area contributed by atoms with Crippen molar-refractivity contribution >= 4 is 44.9 Å². The van der Waals surface area contributed by atoms with E-state index in [0.29, 0.717) is 18.7 Å². The topological polar surface area (TPSA) is 106 Å². The monoisotopic (exact) mass is 415 g/mol. The predicted octanol–water partition coefficient (Wildman–Crippen LogP) is 4.19. The molecule has 0 radical (unpaired) electrons. The van der Waals surface area contributed by atoms with Gasteiger partial charge in [-0.1, -0.05) is 36.4 Å². The van der Waals surface area contributed by atoms with Crippen molar-refractivity contribution in [3.05, 3.63) is 82.5 Å². The van der Waals surface area contributed by atoms with Gasteiger partial charge in [0.1, 0.15) is 5.69 Å². The molecule has 154 valence electrons. The van der Waals surface area contributed by atoms with Gasteiger partial charge in [0.05, 0.1) is 10.6 Å². The average Bonchev–Trinajstić information content (AvgIpc) is 3.38. The molecule has 1 unspecified atom stereocenters. The van der Waals surface area contributed by atoms with Crippen molar-refractivity contribution in [2.45, 2.75) is 12.5 Å². The van der Waals surface area contributed by atoms with Crippen LogP contribution in [0, 0.1) is 10.1 Å². The number of fused-ring (bicyclic) bond motifs is 3. The normalized spacial score (nSPS) is 16.2. The molecule has 5 rings (SSSR count). The number of anilines is 1. The first-order valence-electron chi connectivity index (χ1n) is 9.78. The molecule has 4 aromatic rings. The first-order chi connectivity index (χ1) is 15.0. The van der Waals surface area contributed by atoms with E-state index in [2.05, 4.69) is 4.98 Å². The summed E-state index contributed by atoms with van der Waals surface area (Å²) in [6.45, 7) is 0.315. The molecule has 3 aromatic carbocycles. The molecule has 1 fully saturated rings. The number of amides is 1. The van der Waals surface area contributed by atoms with Crippen molar-refractivity contribution in [1.29, 1.82) is 0 Å². The van der Waals surface area contributed by atoms with Crippen molar-refractivity contribution < 1.29 is 19.2 Å². The number of nitro benzene ring substituents is 1. The molecule has 0 spiro atoms. The lowest BCUT2D eigenvalue weighted by Crippen LogP contribution is -2.32. The number of hydrogen-bond donors (Lipinski definition) is 1. The number of nitrogens with zero attached hydrogens (tertiary/aromatic N) is 2. The van der Waals surface area contributed by atoms with Crippen LogP contribution in [-0.4, -0.2) is 34.4 Å². The lowest BCUT2D eigenvalue weighted by atomic mass is 10.1. The Bertz CT molecular complexity index is 1360. The van der Waals surface area contributed by atoms with E-state index < -0.39 is 22.9 Å². The Balaban J connectivity index is 1.36. The number of rotatable bonds is 4. The minimum Gasteiger partial charge on any atom is -0.447 e. The Kier molecular flexibility index (Phi) is 4.39. The molecule has 31 heavy (non-hydrogen) atoms. The smallest absolute Gasteiger partial charge is 0.355 e. The van der Waals surface area contributed by atoms with Crippen molar-refractivity contribution in [3.63, 3.8) is 0 Å². The Morgan fingerprint density at radius 2 is 1.90 bits per heavy atom. The van der Waals surface area contributed by atoms with Crippen LogP contribution in [0.3, 0.4) is 0 Å². The van der Waals surface area contributed by atoms with Gasteiger partial charge in [-0.3, -0.25) is 14.9 Å². The van der Waals surface area contributed by atoms with Crippen LogP contribution in [0.1, 0.15) is 16.9 Å². The summed E-state index contributed by atoms with van der Waals surface area (Å²) in [5.74, 6) is -1.00. The van der Waals surface area contributed by atoms with Gasteiger partial charge in [-0.15, -0.1) is 0 Å². The first-order valence-corrected chi connectivity index (χ1v) is 9.78. The van der Waals surface area contributed by atoms with Crippen LogP contribution >= 0.6 is 0 Å². The van der Waals surface area contributed by atoms with Gasteiger partial charge in [0, 0.05) is 36.0 Å². The van der Waals surface area contributed by atoms with Gasteiger partial charge in [0.15, 0.2) is 6.10 Å². The van der Waals surface area contributed by atoms with Crippen LogP contribution in [0.15, 0.2) is 66.7 Å². The molecule has 0 aliphatic carbocycles. The van der Waals surface area contributed by atoms with E-state index in [4.69, 9.17) is 4.74 Å². The third-order valence-electron chi connectivity index (χ3n) is 5.51. The van der Waals surface area contributed by atoms with Gasteiger partial charge in [-0.25, -0.2) is 4.79 Å². The molecule has 8 heteroatoms. The number of H-pyrrole nitrogens is 1. The highest BCUT2D eigenvalue weighted by Gasteiger charge is 2.36. The number of ether oxygens (including phenoxy) is 1. The predicted molar refractivity (Wildman–Crippen MR) is 115 cm³/mol. The summed E-state index contributed by atoms with van der Waals surface area (Å²) >= 11 is 0. The van der Waals surface area contributed by atoms with Crippen LogP contribution in [0.25, 0.3) is 21.7 Å². The Morgan fingerprint density at radius 1 is 1.06 bits per heavy atom. The van der Waals surface area contributed by atoms with Gasteiger partial charge < -0.3 is 14.6 Å². The number of aromatic nitrogens is 1. The van der Waals surface area contributed by atoms with Gasteiger partial charge in [-0.05, 0) is 29.0 Å². The number of hydrogen-bond acceptors (Lipinski definition) is 5. The van der Waals surface area contributed by atoms with Gasteiger partial charge in [0.2, 0.25) is 0 Å². The summed E-state index contributed by atoms with van der Waals surface area (Å²) in [6.07, 6.45) is -0.619. The number of esters is 1. The Labute approximate surface area is 176 Å². The number of non-ortho nitro benzene ring substituents is 1. The molecule has 1 atom stereocenters. The highest BCUT2D eigenvalue weighted by Crippen LogP contribution is 2.29. The average molecular weight is 415 g/mol. The molecule has 1 N–H and O–H groups in total. The van der Waals surface area contributed by atoms with Crippen molar-refractivity contribution in [3.8, 4) is 0 Å². The second-order valence-corrected chi connectivity index (χ2v) is 7.38. The fourth-order valence-electron chi connectivity index (χ4n) is 3.98. The van der Waals surface area contributed by atoms with Crippen molar-refractivity contribution in [2.24, 2.45) is 0 Å². The summed E-state index contributed by atoms with van der Waals surface area (Å²) in [7, 11) is 0. The zero-order valence-electron chi connectivity index (χ0n) is 16.3. The maximum absolute atomic E-state index is 12.8. The van der Waals surface area contributed by atoms with E-state index in [9.17, 15) is 19.7 Å². The zero-order valence-corrected chi connectivity index (χ0v) is 16.3. The molecule has 1 saturated heterocycles. The van der Waals surface area contributed by atoms with Crippen LogP contribution in [0.4, 0.5) is 11.4 Å². The number of benzene rings is 3. The third-order valence-corrected chi connectivity index (χ3v) is 5.51. The van der Waals surface area contributed by atoms with Crippen molar-refractivity contribution in [1.82, 2.24) is 4.98 Å². The van der Waals surface area contributed by atoms with E-state index >= 15 is 0 Å². The summed E-state index contributed by atoms with van der Waals surface area (Å²) in [6, 6.07) is 19.3. The minimum absolute atomic E-state index is 0.101. The number of aromatic amines is 1. The maximum atomic E-state index is 12.8. The fourth-order valence-corrected chi connectivity index (χ4v) is 3.98. The summed E-state index contributed by atoms with van der Waals surface area (Å²) in [5.41, 5.74) is 1.39. The number of carbonyl (C=O) groups is 2. The molecule has 1 aliphatic rings. The van der Waals surface area contributed by atoms with Crippen LogP contribution in [-0.2, 0) is 9.53 Å². The zero-order chi connectivity index (χ0) is 21.5. The maximum Gasteiger partial charge on any atom is 0.355 e. The van der Waals surface area contributed by atoms with E-state index in [1.807, 2.05) is 36.4 Å². The lowest BCUT2D eigenvalue weighted by molar-refractivity contribution is -0.384. The quantitative estimate of drug-likeness (QED) is 0.306. The van der Waals surface area contributed by atoms with Gasteiger partial charge >= 0.3 is 5.97 Å². The molecule has 1 aromatic heterocycles. The molecule has 0 saturated carbocycles. The fraction of sp³-hybridized carbons (Fsp3) is 0.130. The third kappa shape index (κ3) is 3.28. The number of nitrogens with one attached hydrogen (secondary N) is 1. The SMILES string of the molecule is O=C(OC1CCN(c2cccc([N+](=O)[O-])c2)C1=O)c1cc2c(ccc3ccccc32)[nH]1. The Morgan fingerprint density at radius 3 is 2.74 bits per heavy atom. The molecule has 0 bridgehead atoms. The standard InChI is InChI=1S/C23H17N3O5/c27-22-21(10-11-25(22)15-5-3-6-16(12-15)26(29)30)31-23(28)20-13-18-17-7-2-1-4-14(17)8-9-19(18)24-20/h1-9,12-13,21,24H,10-11H2. The van der Waals surface area contributed by atoms with Crippen LogP contribution in [0.5, 0.6) is 0 Å². The summed E-state index contributed by atoms with van der Waals surface area (Å²) in [5, 5.41) is 14.0. The van der Waals surface area contributed by atoms with E-state index in [1.165, 1.54) is 23.1 Å². The summed E-state index contributed by atoms with van der Waals surface area (Å²) < 4.78 is 5.49. The van der Waals surface area contributed by atoms with Gasteiger partial charge in [0.25, 0.3) is 11.6 Å². The molecular formula is C23H17N3O5. The van der Waals surface area contributed by atoms with Crippen LogP contribution < -0.4 is 4.90 Å². The van der Waals surface area contributed by atoms with E-state index in [0.717, 1.165) is 21.7 Å². The van der Waals surface area contributed by atoms with Crippen LogP contribution in [0.2, 0.25) is 0 Å². The highest BCUT2D eigenvalue weighted by atomic mass is 16.6. The van der Waals surface area contributed by atoms with Gasteiger partial charge in [-0.2, -0.15) is 0 Å². The second-order valence-electron chi connectivity index (χ2n) is 7.38. The minimum atomic E-state index is -0.935. The molecule has 1 amide bonds.